The van der Waals surface area contributed by atoms with E-state index < -0.39 is 79.6 Å². The molecule has 0 atom stereocenters. The molecule has 0 aromatic heterocycles. The largest absolute Gasteiger partial charge is 0.478 e. The molecule has 0 spiro atoms. The summed E-state index contributed by atoms with van der Waals surface area (Å²) in [7, 11) is 0. The molecular weight excluding hydrogens is 572 g/mol. The second-order valence-corrected chi connectivity index (χ2v) is 6.17. The monoisotopic (exact) mass is 600 g/mol. The summed E-state index contributed by atoms with van der Waals surface area (Å²) in [5, 5.41) is 96.5. The van der Waals surface area contributed by atoms with Gasteiger partial charge in [-0.2, -0.15) is 0 Å². The molecular formula is C21H28O20. The molecule has 232 valence electrons. The van der Waals surface area contributed by atoms with E-state index in [1.807, 2.05) is 0 Å². The van der Waals surface area contributed by atoms with Crippen molar-refractivity contribution in [2.24, 2.45) is 5.41 Å². The van der Waals surface area contributed by atoms with E-state index in [0.29, 0.717) is 48.6 Å². The van der Waals surface area contributed by atoms with Gasteiger partial charge < -0.3 is 61.3 Å². The van der Waals surface area contributed by atoms with Crippen molar-refractivity contribution in [1.82, 2.24) is 0 Å². The number of hydrogen-bond donors (Lipinski definition) is 12. The highest BCUT2D eigenvalue weighted by Crippen LogP contribution is 2.11. The van der Waals surface area contributed by atoms with E-state index in [1.54, 1.807) is 0 Å². The minimum atomic E-state index is -1.26. The van der Waals surface area contributed by atoms with Crippen LogP contribution in [0.5, 0.6) is 0 Å². The highest BCUT2D eigenvalue weighted by atomic mass is 16.4. The fraction of sp³-hybridized carbons (Fsp3) is 0.238. The van der Waals surface area contributed by atoms with Crippen molar-refractivity contribution in [2.45, 2.75) is 0 Å². The Hall–Kier alpha value is -5.44. The van der Waals surface area contributed by atoms with Gasteiger partial charge in [-0.25, -0.2) is 38.4 Å². The van der Waals surface area contributed by atoms with Crippen LogP contribution in [0.15, 0.2) is 48.6 Å². The molecule has 0 unspecified atom stereocenters. The number of aliphatic hydroxyl groups is 4. The second kappa shape index (κ2) is 29.1. The van der Waals surface area contributed by atoms with Gasteiger partial charge in [-0.3, -0.25) is 0 Å². The molecule has 0 fully saturated rings. The summed E-state index contributed by atoms with van der Waals surface area (Å²) in [5.74, 6) is -10.1. The summed E-state index contributed by atoms with van der Waals surface area (Å²) < 4.78 is 0. The van der Waals surface area contributed by atoms with Crippen LogP contribution >= 0.6 is 0 Å². The van der Waals surface area contributed by atoms with Gasteiger partial charge in [0.05, 0.1) is 31.8 Å². The van der Waals surface area contributed by atoms with Gasteiger partial charge >= 0.3 is 47.8 Å². The molecule has 0 amide bonds. The molecule has 0 saturated carbocycles. The third kappa shape index (κ3) is 51.9. The van der Waals surface area contributed by atoms with Crippen LogP contribution in [0.2, 0.25) is 0 Å². The zero-order valence-corrected chi connectivity index (χ0v) is 20.6. The van der Waals surface area contributed by atoms with Crippen LogP contribution in [0.4, 0.5) is 0 Å². The standard InChI is InChI=1S/C5H12O4.4C4H4O4/c6-1-5(2-7,3-8)4-9;4*5-3(6)1-2-4(7)8/h6-9H,1-4H2;4*1-2H,(H,5,6)(H,7,8)/b;4*2-1-. The number of carboxylic acids is 8. The molecule has 0 aliphatic carbocycles. The predicted molar refractivity (Wildman–Crippen MR) is 128 cm³/mol. The smallest absolute Gasteiger partial charge is 0.328 e. The topological polar surface area (TPSA) is 379 Å². The lowest BCUT2D eigenvalue weighted by Gasteiger charge is -2.23. The third-order valence-corrected chi connectivity index (χ3v) is 2.82. The van der Waals surface area contributed by atoms with E-state index in [0.717, 1.165) is 0 Å². The molecule has 0 bridgehead atoms. The van der Waals surface area contributed by atoms with Gasteiger partial charge in [0.2, 0.25) is 0 Å². The highest BCUT2D eigenvalue weighted by molar-refractivity contribution is 5.91. The number of carbonyl (C=O) groups is 8. The maximum atomic E-state index is 9.55. The molecule has 0 rings (SSSR count). The fourth-order valence-corrected chi connectivity index (χ4v) is 0.870. The SMILES string of the molecule is O=C(O)/C=C\C(=O)O.O=C(O)/C=C\C(=O)O.O=C(O)/C=C\C(=O)O.O=C(O)/C=C\C(=O)O.OCC(CO)(CO)CO. The summed E-state index contributed by atoms with van der Waals surface area (Å²) in [6.45, 7) is -1.62. The number of aliphatic carboxylic acids is 8. The van der Waals surface area contributed by atoms with Gasteiger partial charge in [0.25, 0.3) is 0 Å². The van der Waals surface area contributed by atoms with E-state index in [4.69, 9.17) is 61.3 Å². The summed E-state index contributed by atoms with van der Waals surface area (Å²) in [5.41, 5.74) is -1.11. The lowest BCUT2D eigenvalue weighted by atomic mass is 9.93. The summed E-state index contributed by atoms with van der Waals surface area (Å²) in [6, 6.07) is 0. The van der Waals surface area contributed by atoms with Crippen LogP contribution in [-0.4, -0.2) is 135 Å². The first-order valence-corrected chi connectivity index (χ1v) is 9.74. The van der Waals surface area contributed by atoms with Gasteiger partial charge in [-0.1, -0.05) is 0 Å². The predicted octanol–water partition coefficient (Wildman–Crippen LogP) is -3.21. The Bertz CT molecular complexity index is 750. The molecule has 0 aromatic carbocycles. The van der Waals surface area contributed by atoms with Gasteiger partial charge in [0.1, 0.15) is 0 Å². The second-order valence-electron chi connectivity index (χ2n) is 6.17. The van der Waals surface area contributed by atoms with E-state index in [-0.39, 0.29) is 0 Å². The first-order valence-electron chi connectivity index (χ1n) is 9.74. The maximum Gasteiger partial charge on any atom is 0.328 e. The lowest BCUT2D eigenvalue weighted by molar-refractivity contribution is -0.134. The van der Waals surface area contributed by atoms with Crippen molar-refractivity contribution in [3.05, 3.63) is 48.6 Å². The molecule has 0 radical (unpaired) electrons. The Labute approximate surface area is 228 Å². The Morgan fingerprint density at radius 2 is 0.415 bits per heavy atom. The minimum Gasteiger partial charge on any atom is -0.478 e. The molecule has 0 saturated heterocycles. The average Bonchev–Trinajstić information content (AvgIpc) is 2.87. The van der Waals surface area contributed by atoms with Crippen molar-refractivity contribution < 1.29 is 99.6 Å². The quantitative estimate of drug-likeness (QED) is 0.0980. The average molecular weight is 600 g/mol. The summed E-state index contributed by atoms with van der Waals surface area (Å²) in [6.07, 6.45) is 4.46. The molecule has 20 nitrogen and oxygen atoms in total. The third-order valence-electron chi connectivity index (χ3n) is 2.82. The Morgan fingerprint density at radius 1 is 0.317 bits per heavy atom. The summed E-state index contributed by atoms with van der Waals surface area (Å²) in [4.78, 5) is 76.4. The van der Waals surface area contributed by atoms with Crippen LogP contribution in [0.25, 0.3) is 0 Å². The highest BCUT2D eigenvalue weighted by Gasteiger charge is 2.26. The van der Waals surface area contributed by atoms with Crippen LogP contribution in [-0.2, 0) is 38.4 Å². The van der Waals surface area contributed by atoms with E-state index in [2.05, 4.69) is 0 Å². The molecule has 0 aliphatic rings. The van der Waals surface area contributed by atoms with Crippen molar-refractivity contribution >= 4 is 47.8 Å². The van der Waals surface area contributed by atoms with E-state index >= 15 is 0 Å². The maximum absolute atomic E-state index is 9.55. The van der Waals surface area contributed by atoms with Crippen molar-refractivity contribution in [1.29, 1.82) is 0 Å². The van der Waals surface area contributed by atoms with Gasteiger partial charge in [-0.15, -0.1) is 0 Å². The first kappa shape index (κ1) is 45.5. The van der Waals surface area contributed by atoms with Gasteiger partial charge in [-0.05, 0) is 0 Å². The van der Waals surface area contributed by atoms with Gasteiger partial charge in [0.15, 0.2) is 0 Å². The van der Waals surface area contributed by atoms with Crippen LogP contribution in [0, 0.1) is 5.41 Å². The van der Waals surface area contributed by atoms with Crippen molar-refractivity contribution in [3.63, 3.8) is 0 Å². The first-order chi connectivity index (χ1) is 18.7. The molecule has 41 heavy (non-hydrogen) atoms. The Morgan fingerprint density at radius 3 is 0.439 bits per heavy atom. The van der Waals surface area contributed by atoms with E-state index in [9.17, 15) is 38.4 Å². The normalized spacial score (nSPS) is 10.0. The minimum absolute atomic E-state index is 0.406. The molecule has 12 N–H and O–H groups in total. The van der Waals surface area contributed by atoms with Crippen LogP contribution in [0.1, 0.15) is 0 Å². The molecule has 0 aliphatic heterocycles. The zero-order valence-electron chi connectivity index (χ0n) is 20.6. The Balaban J connectivity index is -0.000000132. The fourth-order valence-electron chi connectivity index (χ4n) is 0.870. The molecule has 20 heteroatoms. The number of carboxylic acid groups (broad SMARTS) is 8. The van der Waals surface area contributed by atoms with E-state index in [1.165, 1.54) is 0 Å². The molecule has 0 aromatic rings. The number of aliphatic hydroxyl groups excluding tert-OH is 4. The number of rotatable bonds is 12. The number of hydrogen-bond acceptors (Lipinski definition) is 12. The molecule has 0 heterocycles. The van der Waals surface area contributed by atoms with Crippen LogP contribution < -0.4 is 0 Å². The van der Waals surface area contributed by atoms with Crippen LogP contribution in [0.3, 0.4) is 0 Å². The Kier molecular flexibility index (Phi) is 32.3. The summed E-state index contributed by atoms with van der Waals surface area (Å²) >= 11 is 0. The van der Waals surface area contributed by atoms with Gasteiger partial charge in [0, 0.05) is 48.6 Å². The van der Waals surface area contributed by atoms with Crippen molar-refractivity contribution in [3.8, 4) is 0 Å². The zero-order chi connectivity index (χ0) is 33.6. The van der Waals surface area contributed by atoms with Crippen molar-refractivity contribution in [2.75, 3.05) is 26.4 Å². The lowest BCUT2D eigenvalue weighted by Crippen LogP contribution is -2.37.